The van der Waals surface area contributed by atoms with E-state index in [4.69, 9.17) is 16.3 Å². The number of esters is 1. The highest BCUT2D eigenvalue weighted by molar-refractivity contribution is 7.07. The predicted molar refractivity (Wildman–Crippen MR) is 90.7 cm³/mol. The molecule has 2 aromatic rings. The summed E-state index contributed by atoms with van der Waals surface area (Å²) < 4.78 is 18.2. The van der Waals surface area contributed by atoms with Gasteiger partial charge >= 0.3 is 5.97 Å². The van der Waals surface area contributed by atoms with Crippen LogP contribution in [0.25, 0.3) is 0 Å². The van der Waals surface area contributed by atoms with Gasteiger partial charge < -0.3 is 10.1 Å². The number of nitrogens with zero attached hydrogens (tertiary/aromatic N) is 2. The summed E-state index contributed by atoms with van der Waals surface area (Å²) in [6.07, 6.45) is 0. The molecule has 1 aliphatic heterocycles. The lowest BCUT2D eigenvalue weighted by atomic mass is 9.95. The van der Waals surface area contributed by atoms with Gasteiger partial charge in [-0.2, -0.15) is 0 Å². The minimum atomic E-state index is -0.705. The van der Waals surface area contributed by atoms with Gasteiger partial charge in [0.1, 0.15) is 17.6 Å². The molecule has 1 atom stereocenters. The second-order valence-corrected chi connectivity index (χ2v) is 6.20. The SMILES string of the molecule is COC(=O)C1=C(C)NC(c2cscn2)=NC1c1ccc(F)cc1Cl. The molecule has 124 valence electrons. The molecule has 0 amide bonds. The number of carbonyl (C=O) groups excluding carboxylic acids is 1. The predicted octanol–water partition coefficient (Wildman–Crippen LogP) is 3.47. The highest BCUT2D eigenvalue weighted by Gasteiger charge is 2.32. The molecule has 5 nitrogen and oxygen atoms in total. The number of nitrogens with one attached hydrogen (secondary N) is 1. The Kier molecular flexibility index (Phi) is 4.64. The average Bonchev–Trinajstić information content (AvgIpc) is 3.08. The second kappa shape index (κ2) is 6.70. The minimum absolute atomic E-state index is 0.192. The number of amidine groups is 1. The number of ether oxygens (including phenoxy) is 1. The van der Waals surface area contributed by atoms with Crippen LogP contribution >= 0.6 is 22.9 Å². The molecule has 2 heterocycles. The summed E-state index contributed by atoms with van der Waals surface area (Å²) in [5, 5.41) is 5.10. The van der Waals surface area contributed by atoms with Gasteiger partial charge in [0, 0.05) is 21.7 Å². The first-order chi connectivity index (χ1) is 11.5. The van der Waals surface area contributed by atoms with Gasteiger partial charge in [-0.3, -0.25) is 4.99 Å². The van der Waals surface area contributed by atoms with Crippen molar-refractivity contribution in [2.24, 2.45) is 4.99 Å². The van der Waals surface area contributed by atoms with E-state index in [-0.39, 0.29) is 5.02 Å². The summed E-state index contributed by atoms with van der Waals surface area (Å²) in [6.45, 7) is 1.75. The van der Waals surface area contributed by atoms with Crippen LogP contribution < -0.4 is 5.32 Å². The van der Waals surface area contributed by atoms with Crippen molar-refractivity contribution in [3.8, 4) is 0 Å². The number of methoxy groups -OCH3 is 1. The molecule has 1 aromatic heterocycles. The molecule has 0 saturated heterocycles. The number of allylic oxidation sites excluding steroid dienone is 1. The van der Waals surface area contributed by atoms with Crippen molar-refractivity contribution in [3.63, 3.8) is 0 Å². The van der Waals surface area contributed by atoms with Gasteiger partial charge in [-0.05, 0) is 19.1 Å². The third-order valence-corrected chi connectivity index (χ3v) is 4.49. The molecule has 0 radical (unpaired) electrons. The molecule has 3 rings (SSSR count). The Hall–Kier alpha value is -2.25. The number of carbonyl (C=O) groups is 1. The Morgan fingerprint density at radius 1 is 1.46 bits per heavy atom. The first-order valence-corrected chi connectivity index (χ1v) is 8.30. The van der Waals surface area contributed by atoms with Crippen LogP contribution in [0.5, 0.6) is 0 Å². The lowest BCUT2D eigenvalue weighted by Crippen LogP contribution is -2.32. The van der Waals surface area contributed by atoms with E-state index in [1.807, 2.05) is 5.38 Å². The fourth-order valence-electron chi connectivity index (χ4n) is 2.46. The standard InChI is InChI=1S/C16H13ClFN3O2S/c1-8-13(16(22)23-2)14(10-4-3-9(18)5-11(10)17)21-15(20-8)12-6-24-7-19-12/h3-7,14H,1-2H3,(H,20,21). The third kappa shape index (κ3) is 3.05. The van der Waals surface area contributed by atoms with Crippen LogP contribution in [-0.2, 0) is 9.53 Å². The average molecular weight is 366 g/mol. The van der Waals surface area contributed by atoms with Crippen LogP contribution in [0.15, 0.2) is 45.4 Å². The van der Waals surface area contributed by atoms with Gasteiger partial charge in [0.2, 0.25) is 0 Å². The zero-order valence-corrected chi connectivity index (χ0v) is 14.4. The lowest BCUT2D eigenvalue weighted by molar-refractivity contribution is -0.136. The fraction of sp³-hybridized carbons (Fsp3) is 0.188. The van der Waals surface area contributed by atoms with Crippen LogP contribution in [0.1, 0.15) is 24.2 Å². The molecule has 1 aromatic carbocycles. The molecule has 0 bridgehead atoms. The van der Waals surface area contributed by atoms with E-state index >= 15 is 0 Å². The second-order valence-electron chi connectivity index (χ2n) is 5.08. The van der Waals surface area contributed by atoms with Gasteiger partial charge in [-0.15, -0.1) is 11.3 Å². The number of hydrogen-bond donors (Lipinski definition) is 1. The monoisotopic (exact) mass is 365 g/mol. The van der Waals surface area contributed by atoms with Crippen LogP contribution in [-0.4, -0.2) is 23.9 Å². The summed E-state index contributed by atoms with van der Waals surface area (Å²) in [5.41, 5.74) is 3.78. The quantitative estimate of drug-likeness (QED) is 0.846. The van der Waals surface area contributed by atoms with Crippen molar-refractivity contribution in [1.29, 1.82) is 0 Å². The Morgan fingerprint density at radius 2 is 2.25 bits per heavy atom. The van der Waals surface area contributed by atoms with Gasteiger partial charge in [0.05, 0.1) is 18.2 Å². The Balaban J connectivity index is 2.14. The van der Waals surface area contributed by atoms with E-state index in [0.717, 1.165) is 0 Å². The summed E-state index contributed by atoms with van der Waals surface area (Å²) in [6, 6.07) is 3.29. The Labute approximate surface area is 146 Å². The van der Waals surface area contributed by atoms with E-state index in [0.29, 0.717) is 28.4 Å². The molecule has 0 saturated carbocycles. The Morgan fingerprint density at radius 3 is 2.88 bits per heavy atom. The molecule has 0 spiro atoms. The molecule has 1 aliphatic rings. The van der Waals surface area contributed by atoms with Crippen LogP contribution in [0.2, 0.25) is 5.02 Å². The summed E-state index contributed by atoms with van der Waals surface area (Å²) >= 11 is 7.61. The molecule has 24 heavy (non-hydrogen) atoms. The van der Waals surface area contributed by atoms with E-state index < -0.39 is 17.8 Å². The Bertz CT molecular complexity index is 849. The van der Waals surface area contributed by atoms with Crippen molar-refractivity contribution in [3.05, 3.63) is 62.5 Å². The van der Waals surface area contributed by atoms with E-state index in [1.165, 1.54) is 36.6 Å². The number of benzene rings is 1. The summed E-state index contributed by atoms with van der Waals surface area (Å²) in [5.74, 6) is -0.458. The van der Waals surface area contributed by atoms with Crippen molar-refractivity contribution in [2.75, 3.05) is 7.11 Å². The number of rotatable bonds is 3. The van der Waals surface area contributed by atoms with E-state index in [9.17, 15) is 9.18 Å². The first-order valence-electron chi connectivity index (χ1n) is 6.98. The summed E-state index contributed by atoms with van der Waals surface area (Å²) in [4.78, 5) is 21.0. The van der Waals surface area contributed by atoms with Crippen molar-refractivity contribution in [1.82, 2.24) is 10.3 Å². The fourth-order valence-corrected chi connectivity index (χ4v) is 3.27. The molecule has 1 N–H and O–H groups in total. The van der Waals surface area contributed by atoms with Gasteiger partial charge in [0.15, 0.2) is 5.84 Å². The third-order valence-electron chi connectivity index (χ3n) is 3.58. The molecular formula is C16H13ClFN3O2S. The van der Waals surface area contributed by atoms with Crippen LogP contribution in [0.4, 0.5) is 4.39 Å². The van der Waals surface area contributed by atoms with E-state index in [2.05, 4.69) is 15.3 Å². The maximum Gasteiger partial charge on any atom is 0.338 e. The van der Waals surface area contributed by atoms with Crippen LogP contribution in [0.3, 0.4) is 0 Å². The lowest BCUT2D eigenvalue weighted by Gasteiger charge is -2.25. The van der Waals surface area contributed by atoms with Crippen molar-refractivity contribution >= 4 is 34.7 Å². The number of aliphatic imine (C=N–C) groups is 1. The van der Waals surface area contributed by atoms with Crippen molar-refractivity contribution in [2.45, 2.75) is 13.0 Å². The van der Waals surface area contributed by atoms with E-state index in [1.54, 1.807) is 12.4 Å². The number of thiazole rings is 1. The maximum atomic E-state index is 13.4. The number of halogens is 2. The smallest absolute Gasteiger partial charge is 0.338 e. The molecule has 8 heteroatoms. The van der Waals surface area contributed by atoms with Gasteiger partial charge in [-0.25, -0.2) is 14.2 Å². The number of hydrogen-bond acceptors (Lipinski definition) is 6. The largest absolute Gasteiger partial charge is 0.466 e. The van der Waals surface area contributed by atoms with Crippen LogP contribution in [0, 0.1) is 5.82 Å². The molecular weight excluding hydrogens is 353 g/mol. The van der Waals surface area contributed by atoms with Gasteiger partial charge in [0.25, 0.3) is 0 Å². The minimum Gasteiger partial charge on any atom is -0.466 e. The van der Waals surface area contributed by atoms with Gasteiger partial charge in [-0.1, -0.05) is 17.7 Å². The topological polar surface area (TPSA) is 63.6 Å². The first kappa shape index (κ1) is 16.6. The normalized spacial score (nSPS) is 17.3. The van der Waals surface area contributed by atoms with Crippen molar-refractivity contribution < 1.29 is 13.9 Å². The number of aromatic nitrogens is 1. The highest BCUT2D eigenvalue weighted by Crippen LogP contribution is 2.36. The molecule has 0 fully saturated rings. The molecule has 1 unspecified atom stereocenters. The zero-order chi connectivity index (χ0) is 17.3. The zero-order valence-electron chi connectivity index (χ0n) is 12.8. The maximum absolute atomic E-state index is 13.4. The highest BCUT2D eigenvalue weighted by atomic mass is 35.5. The summed E-state index contributed by atoms with van der Waals surface area (Å²) in [7, 11) is 1.30. The molecule has 0 aliphatic carbocycles.